The van der Waals surface area contributed by atoms with Crippen molar-refractivity contribution >= 4 is 29.8 Å². The molecule has 1 aromatic carbocycles. The minimum absolute atomic E-state index is 0. The lowest BCUT2D eigenvalue weighted by atomic mass is 9.88. The van der Waals surface area contributed by atoms with E-state index in [4.69, 9.17) is 21.1 Å². The molecule has 13 heteroatoms. The van der Waals surface area contributed by atoms with Crippen LogP contribution in [0.5, 0.6) is 11.6 Å². The molecule has 33 heavy (non-hydrogen) atoms. The van der Waals surface area contributed by atoms with E-state index in [-0.39, 0.29) is 35.7 Å². The van der Waals surface area contributed by atoms with Crippen LogP contribution in [0.1, 0.15) is 25.6 Å². The number of carbonyl (C=O) groups excluding carboxylic acids is 1. The summed E-state index contributed by atoms with van der Waals surface area (Å²) in [6.07, 6.45) is -2.79. The first kappa shape index (κ1) is 26.3. The van der Waals surface area contributed by atoms with Crippen molar-refractivity contribution < 1.29 is 31.8 Å². The fourth-order valence-corrected chi connectivity index (χ4v) is 2.77. The van der Waals surface area contributed by atoms with Crippen LogP contribution in [0.3, 0.4) is 0 Å². The molecule has 0 N–H and O–H groups in total. The van der Waals surface area contributed by atoms with Crippen molar-refractivity contribution in [3.05, 3.63) is 65.6 Å². The number of ketones is 1. The molecule has 0 radical (unpaired) electrons. The summed E-state index contributed by atoms with van der Waals surface area (Å²) in [6, 6.07) is 5.73. The third-order valence-electron chi connectivity index (χ3n) is 4.33. The van der Waals surface area contributed by atoms with Crippen LogP contribution < -0.4 is 9.47 Å². The third-order valence-corrected chi connectivity index (χ3v) is 4.60. The zero-order valence-corrected chi connectivity index (χ0v) is 18.8. The quantitative estimate of drug-likeness (QED) is 0.391. The highest BCUT2D eigenvalue weighted by atomic mass is 35.5. The number of Topliss-reactive ketones (excluding diaryl/α,β-unsaturated/α-hetero) is 1. The van der Waals surface area contributed by atoms with Gasteiger partial charge in [-0.1, -0.05) is 11.6 Å². The Morgan fingerprint density at radius 3 is 2.42 bits per heavy atom. The van der Waals surface area contributed by atoms with Gasteiger partial charge in [0.25, 0.3) is 6.23 Å². The maximum absolute atomic E-state index is 13.3. The molecule has 3 rings (SSSR count). The van der Waals surface area contributed by atoms with Gasteiger partial charge >= 0.3 is 6.18 Å². The van der Waals surface area contributed by atoms with E-state index >= 15 is 0 Å². The molecule has 0 aliphatic heterocycles. The minimum Gasteiger partial charge on any atom is -0.476 e. The lowest BCUT2D eigenvalue weighted by Gasteiger charge is -2.28. The van der Waals surface area contributed by atoms with E-state index in [1.807, 2.05) is 0 Å². The van der Waals surface area contributed by atoms with Gasteiger partial charge in [-0.05, 0) is 44.2 Å². The van der Waals surface area contributed by atoms with Crippen molar-refractivity contribution in [3.8, 4) is 11.6 Å². The van der Waals surface area contributed by atoms with E-state index < -0.39 is 35.0 Å². The molecule has 0 aliphatic rings. The van der Waals surface area contributed by atoms with Crippen molar-refractivity contribution in [1.29, 1.82) is 0 Å². The molecule has 1 unspecified atom stereocenters. The van der Waals surface area contributed by atoms with Gasteiger partial charge in [-0.3, -0.25) is 4.79 Å². The summed E-state index contributed by atoms with van der Waals surface area (Å²) in [5.74, 6) is -1.01. The average molecular weight is 509 g/mol. The number of alkyl halides is 3. The van der Waals surface area contributed by atoms with Gasteiger partial charge in [0.1, 0.15) is 35.9 Å². The van der Waals surface area contributed by atoms with E-state index in [1.54, 1.807) is 13.8 Å². The zero-order valence-electron chi connectivity index (χ0n) is 17.2. The third kappa shape index (κ3) is 6.55. The summed E-state index contributed by atoms with van der Waals surface area (Å²) < 4.78 is 63.8. The van der Waals surface area contributed by atoms with Crippen LogP contribution in [0.15, 0.2) is 49.2 Å². The topological polar surface area (TPSA) is 79.1 Å². The number of hydrogen-bond acceptors (Lipinski definition) is 6. The number of nitrogens with zero attached hydrogens (tertiary/aromatic N) is 4. The first-order valence-electron chi connectivity index (χ1n) is 9.13. The number of halogens is 6. The van der Waals surface area contributed by atoms with Crippen molar-refractivity contribution in [2.75, 3.05) is 6.61 Å². The van der Waals surface area contributed by atoms with E-state index in [0.29, 0.717) is 12.3 Å². The molecule has 3 aromatic rings. The second-order valence-electron chi connectivity index (χ2n) is 7.35. The Labute approximate surface area is 197 Å². The van der Waals surface area contributed by atoms with Gasteiger partial charge in [-0.2, -0.15) is 18.3 Å². The number of pyridine rings is 1. The Morgan fingerprint density at radius 2 is 1.88 bits per heavy atom. The van der Waals surface area contributed by atoms with Crippen LogP contribution in [0.2, 0.25) is 5.02 Å². The zero-order chi connectivity index (χ0) is 23.5. The Hall–Kier alpha value is -2.92. The number of hydrogen-bond donors (Lipinski definition) is 0. The summed E-state index contributed by atoms with van der Waals surface area (Å²) in [5.41, 5.74) is -2.24. The lowest BCUT2D eigenvalue weighted by molar-refractivity contribution is -0.140. The predicted molar refractivity (Wildman–Crippen MR) is 112 cm³/mol. The summed E-state index contributed by atoms with van der Waals surface area (Å²) >= 11 is 5.86. The van der Waals surface area contributed by atoms with E-state index in [0.717, 1.165) is 0 Å². The van der Waals surface area contributed by atoms with Crippen LogP contribution in [0.25, 0.3) is 0 Å². The van der Waals surface area contributed by atoms with Crippen molar-refractivity contribution in [2.24, 2.45) is 5.41 Å². The molecule has 2 aromatic heterocycles. The predicted octanol–water partition coefficient (Wildman–Crippen LogP) is 5.16. The van der Waals surface area contributed by atoms with Gasteiger partial charge in [0.15, 0.2) is 0 Å². The van der Waals surface area contributed by atoms with E-state index in [2.05, 4.69) is 15.1 Å². The van der Waals surface area contributed by atoms with Gasteiger partial charge < -0.3 is 9.47 Å². The van der Waals surface area contributed by atoms with Gasteiger partial charge in [-0.15, -0.1) is 12.4 Å². The van der Waals surface area contributed by atoms with Crippen LogP contribution in [-0.4, -0.2) is 32.1 Å². The van der Waals surface area contributed by atoms with Crippen molar-refractivity contribution in [2.45, 2.75) is 26.3 Å². The van der Waals surface area contributed by atoms with Crippen molar-refractivity contribution in [1.82, 2.24) is 19.7 Å². The highest BCUT2D eigenvalue weighted by Gasteiger charge is 2.38. The molecule has 0 saturated carbocycles. The first-order chi connectivity index (χ1) is 15.0. The van der Waals surface area contributed by atoms with Crippen LogP contribution in [0, 0.1) is 11.2 Å². The molecule has 0 amide bonds. The van der Waals surface area contributed by atoms with E-state index in [1.165, 1.54) is 41.6 Å². The normalized spacial score (nSPS) is 12.6. The number of carbonyl (C=O) groups is 1. The van der Waals surface area contributed by atoms with Gasteiger partial charge in [-0.25, -0.2) is 19.0 Å². The fraction of sp³-hybridized carbons (Fsp3) is 0.300. The minimum atomic E-state index is -4.60. The van der Waals surface area contributed by atoms with Gasteiger partial charge in [0, 0.05) is 6.20 Å². The highest BCUT2D eigenvalue weighted by molar-refractivity contribution is 6.31. The Kier molecular flexibility index (Phi) is 8.25. The molecule has 0 fully saturated rings. The summed E-state index contributed by atoms with van der Waals surface area (Å²) in [4.78, 5) is 20.7. The van der Waals surface area contributed by atoms with Crippen LogP contribution in [0.4, 0.5) is 17.6 Å². The second kappa shape index (κ2) is 10.3. The van der Waals surface area contributed by atoms with Gasteiger partial charge in [0.2, 0.25) is 11.7 Å². The second-order valence-corrected chi connectivity index (χ2v) is 7.75. The van der Waals surface area contributed by atoms with Crippen LogP contribution in [-0.2, 0) is 11.0 Å². The molecule has 0 spiro atoms. The number of benzene rings is 1. The molecule has 0 saturated heterocycles. The fourth-order valence-electron chi connectivity index (χ4n) is 2.55. The smallest absolute Gasteiger partial charge is 0.417 e. The molecular formula is C20H18Cl2F4N4O3. The number of rotatable bonds is 8. The first-order valence-corrected chi connectivity index (χ1v) is 9.51. The molecule has 178 valence electrons. The Morgan fingerprint density at radius 1 is 1.21 bits per heavy atom. The average Bonchev–Trinajstić information content (AvgIpc) is 3.26. The van der Waals surface area contributed by atoms with Gasteiger partial charge in [0.05, 0.1) is 11.0 Å². The SMILES string of the molecule is CC(C)(COc1ncc(C(F)(F)F)cc1Cl)C(=O)C(Oc1ccc(F)cc1)n1cncn1.Cl. The summed E-state index contributed by atoms with van der Waals surface area (Å²) in [7, 11) is 0. The Bertz CT molecular complexity index is 1080. The molecule has 7 nitrogen and oxygen atoms in total. The monoisotopic (exact) mass is 508 g/mol. The largest absolute Gasteiger partial charge is 0.476 e. The molecule has 0 bridgehead atoms. The van der Waals surface area contributed by atoms with E-state index in [9.17, 15) is 22.4 Å². The van der Waals surface area contributed by atoms with Crippen LogP contribution >= 0.6 is 24.0 Å². The maximum Gasteiger partial charge on any atom is 0.417 e. The number of ether oxygens (including phenoxy) is 2. The molecular weight excluding hydrogens is 491 g/mol. The standard InChI is InChI=1S/C20H17ClF4N4O3.ClH/c1-19(2,9-31-17-15(21)7-12(8-27-17)20(23,24)25)16(30)18(29-11-26-10-28-29)32-14-5-3-13(22)4-6-14;/h3-8,10-11,18H,9H2,1-2H3;1H. The number of aromatic nitrogens is 4. The maximum atomic E-state index is 13.3. The lowest BCUT2D eigenvalue weighted by Crippen LogP contribution is -2.40. The molecule has 0 aliphatic carbocycles. The molecule has 1 atom stereocenters. The molecule has 2 heterocycles. The summed E-state index contributed by atoms with van der Waals surface area (Å²) in [5, 5.41) is 3.59. The highest BCUT2D eigenvalue weighted by Crippen LogP contribution is 2.34. The van der Waals surface area contributed by atoms with Crippen molar-refractivity contribution in [3.63, 3.8) is 0 Å². The Balaban J connectivity index is 0.00000385. The summed E-state index contributed by atoms with van der Waals surface area (Å²) in [6.45, 7) is 2.82.